The minimum Gasteiger partial charge on any atom is -0.453 e. The molecule has 4 aromatic rings. The molecule has 4 nitrogen and oxygen atoms in total. The second-order valence-electron chi connectivity index (χ2n) is 5.16. The topological polar surface area (TPSA) is 61.0 Å². The van der Waals surface area contributed by atoms with Crippen LogP contribution in [0.15, 0.2) is 61.1 Å². The van der Waals surface area contributed by atoms with E-state index in [9.17, 15) is 4.39 Å². The van der Waals surface area contributed by atoms with Gasteiger partial charge in [0, 0.05) is 41.3 Å². The quantitative estimate of drug-likeness (QED) is 0.542. The number of thiophene rings is 1. The Kier molecular flexibility index (Phi) is 3.59. The first kappa shape index (κ1) is 14.6. The van der Waals surface area contributed by atoms with Gasteiger partial charge in [0.2, 0.25) is 0 Å². The average Bonchev–Trinajstić information content (AvgIpc) is 3.03. The van der Waals surface area contributed by atoms with Crippen molar-refractivity contribution in [3.05, 3.63) is 66.9 Å². The molecule has 0 radical (unpaired) electrons. The largest absolute Gasteiger partial charge is 0.453 e. The molecule has 0 aliphatic carbocycles. The van der Waals surface area contributed by atoms with Crippen LogP contribution < -0.4 is 10.5 Å². The van der Waals surface area contributed by atoms with E-state index in [0.717, 1.165) is 20.7 Å². The van der Waals surface area contributed by atoms with Gasteiger partial charge >= 0.3 is 0 Å². The lowest BCUT2D eigenvalue weighted by molar-refractivity contribution is 0.447. The zero-order valence-electron chi connectivity index (χ0n) is 12.4. The fourth-order valence-corrected chi connectivity index (χ4v) is 3.44. The SMILES string of the molecule is Nc1ccc(Oc2ccnc3cc(-c4ccncc4)sc23)c(F)c1. The van der Waals surface area contributed by atoms with Gasteiger partial charge in [0.15, 0.2) is 11.6 Å². The van der Waals surface area contributed by atoms with Crippen molar-refractivity contribution in [2.24, 2.45) is 0 Å². The number of fused-ring (bicyclic) bond motifs is 1. The van der Waals surface area contributed by atoms with E-state index in [1.807, 2.05) is 18.2 Å². The summed E-state index contributed by atoms with van der Waals surface area (Å²) < 4.78 is 20.6. The molecule has 0 fully saturated rings. The lowest BCUT2D eigenvalue weighted by Gasteiger charge is -2.07. The third-order valence-corrected chi connectivity index (χ3v) is 4.70. The summed E-state index contributed by atoms with van der Waals surface area (Å²) in [5.74, 6) is 0.204. The summed E-state index contributed by atoms with van der Waals surface area (Å²) in [6.07, 6.45) is 5.14. The monoisotopic (exact) mass is 337 g/mol. The van der Waals surface area contributed by atoms with Crippen LogP contribution in [0.3, 0.4) is 0 Å². The Balaban J connectivity index is 1.77. The minimum absolute atomic E-state index is 0.135. The number of nitrogens with zero attached hydrogens (tertiary/aromatic N) is 2. The third kappa shape index (κ3) is 2.68. The van der Waals surface area contributed by atoms with Gasteiger partial charge in [-0.2, -0.15) is 0 Å². The Bertz CT molecular complexity index is 1020. The third-order valence-electron chi connectivity index (χ3n) is 3.52. The van der Waals surface area contributed by atoms with Crippen molar-refractivity contribution < 1.29 is 9.13 Å². The number of rotatable bonds is 3. The van der Waals surface area contributed by atoms with Crippen LogP contribution in [0, 0.1) is 5.82 Å². The predicted molar refractivity (Wildman–Crippen MR) is 93.7 cm³/mol. The number of ether oxygens (including phenoxy) is 1. The summed E-state index contributed by atoms with van der Waals surface area (Å²) >= 11 is 1.54. The molecule has 118 valence electrons. The summed E-state index contributed by atoms with van der Waals surface area (Å²) in [7, 11) is 0. The molecule has 3 heterocycles. The van der Waals surface area contributed by atoms with E-state index in [4.69, 9.17) is 10.5 Å². The zero-order valence-corrected chi connectivity index (χ0v) is 13.3. The second-order valence-corrected chi connectivity index (χ2v) is 6.21. The highest BCUT2D eigenvalue weighted by molar-refractivity contribution is 7.22. The standard InChI is InChI=1S/C18H12FN3OS/c19-13-9-12(20)1-2-15(13)23-16-5-8-22-14-10-17(24-18(14)16)11-3-6-21-7-4-11/h1-10H,20H2. The highest BCUT2D eigenvalue weighted by Gasteiger charge is 2.12. The van der Waals surface area contributed by atoms with Crippen molar-refractivity contribution in [3.8, 4) is 21.9 Å². The summed E-state index contributed by atoms with van der Waals surface area (Å²) in [6, 6.07) is 12.0. The van der Waals surface area contributed by atoms with E-state index in [0.29, 0.717) is 11.4 Å². The van der Waals surface area contributed by atoms with Gasteiger partial charge in [0.05, 0.1) is 10.2 Å². The van der Waals surface area contributed by atoms with Crippen molar-refractivity contribution in [2.45, 2.75) is 0 Å². The number of pyridine rings is 2. The molecule has 6 heteroatoms. The fraction of sp³-hybridized carbons (Fsp3) is 0. The number of hydrogen-bond donors (Lipinski definition) is 1. The van der Waals surface area contributed by atoms with Crippen molar-refractivity contribution >= 4 is 27.2 Å². The van der Waals surface area contributed by atoms with Crippen molar-refractivity contribution in [2.75, 3.05) is 5.73 Å². The van der Waals surface area contributed by atoms with Crippen LogP contribution >= 0.6 is 11.3 Å². The van der Waals surface area contributed by atoms with Crippen LogP contribution in [0.25, 0.3) is 20.7 Å². The maximum absolute atomic E-state index is 14.0. The number of anilines is 1. The summed E-state index contributed by atoms with van der Waals surface area (Å²) in [5.41, 5.74) is 7.79. The van der Waals surface area contributed by atoms with Gasteiger partial charge in [-0.15, -0.1) is 11.3 Å². The maximum Gasteiger partial charge on any atom is 0.167 e. The Hall–Kier alpha value is -2.99. The molecular weight excluding hydrogens is 325 g/mol. The first-order valence-electron chi connectivity index (χ1n) is 7.22. The first-order chi connectivity index (χ1) is 11.7. The highest BCUT2D eigenvalue weighted by atomic mass is 32.1. The highest BCUT2D eigenvalue weighted by Crippen LogP contribution is 2.39. The number of hydrogen-bond acceptors (Lipinski definition) is 5. The molecule has 0 aliphatic heterocycles. The van der Waals surface area contributed by atoms with E-state index in [-0.39, 0.29) is 5.75 Å². The second kappa shape index (κ2) is 5.90. The smallest absolute Gasteiger partial charge is 0.167 e. The lowest BCUT2D eigenvalue weighted by atomic mass is 10.2. The van der Waals surface area contributed by atoms with E-state index in [1.165, 1.54) is 12.1 Å². The molecule has 0 saturated carbocycles. The van der Waals surface area contributed by atoms with E-state index < -0.39 is 5.82 Å². The van der Waals surface area contributed by atoms with Crippen molar-refractivity contribution in [1.82, 2.24) is 9.97 Å². The van der Waals surface area contributed by atoms with Gasteiger partial charge in [0.25, 0.3) is 0 Å². The Morgan fingerprint density at radius 3 is 2.58 bits per heavy atom. The molecule has 0 amide bonds. The van der Waals surface area contributed by atoms with Crippen LogP contribution in [0.1, 0.15) is 0 Å². The zero-order chi connectivity index (χ0) is 16.5. The van der Waals surface area contributed by atoms with Crippen LogP contribution in [-0.4, -0.2) is 9.97 Å². The van der Waals surface area contributed by atoms with E-state index in [1.54, 1.807) is 42.1 Å². The summed E-state index contributed by atoms with van der Waals surface area (Å²) in [4.78, 5) is 9.44. The minimum atomic E-state index is -0.495. The molecular formula is C18H12FN3OS. The number of benzene rings is 1. The molecule has 0 aliphatic rings. The van der Waals surface area contributed by atoms with Gasteiger partial charge in [-0.1, -0.05) is 0 Å². The summed E-state index contributed by atoms with van der Waals surface area (Å²) in [6.45, 7) is 0. The normalized spacial score (nSPS) is 10.9. The Labute approximate surface area is 141 Å². The van der Waals surface area contributed by atoms with Gasteiger partial charge in [0.1, 0.15) is 5.75 Å². The molecule has 1 aromatic carbocycles. The van der Waals surface area contributed by atoms with Gasteiger partial charge in [-0.25, -0.2) is 4.39 Å². The number of halogens is 1. The maximum atomic E-state index is 14.0. The molecule has 2 N–H and O–H groups in total. The molecule has 0 saturated heterocycles. The van der Waals surface area contributed by atoms with Crippen LogP contribution in [0.4, 0.5) is 10.1 Å². The fourth-order valence-electron chi connectivity index (χ4n) is 2.37. The van der Waals surface area contributed by atoms with Gasteiger partial charge < -0.3 is 10.5 Å². The van der Waals surface area contributed by atoms with Crippen molar-refractivity contribution in [1.29, 1.82) is 0 Å². The summed E-state index contributed by atoms with van der Waals surface area (Å²) in [5, 5.41) is 0. The van der Waals surface area contributed by atoms with Crippen LogP contribution in [0.2, 0.25) is 0 Å². The molecule has 0 unspecified atom stereocenters. The number of aromatic nitrogens is 2. The van der Waals surface area contributed by atoms with Crippen LogP contribution in [-0.2, 0) is 0 Å². The van der Waals surface area contributed by atoms with Gasteiger partial charge in [-0.05, 0) is 35.9 Å². The Morgan fingerprint density at radius 2 is 1.79 bits per heavy atom. The molecule has 0 spiro atoms. The van der Waals surface area contributed by atoms with E-state index >= 15 is 0 Å². The number of nitrogens with two attached hydrogens (primary N) is 1. The van der Waals surface area contributed by atoms with Gasteiger partial charge in [-0.3, -0.25) is 9.97 Å². The molecule has 0 atom stereocenters. The Morgan fingerprint density at radius 1 is 0.958 bits per heavy atom. The number of nitrogen functional groups attached to an aromatic ring is 1. The first-order valence-corrected chi connectivity index (χ1v) is 8.04. The molecule has 24 heavy (non-hydrogen) atoms. The van der Waals surface area contributed by atoms with E-state index in [2.05, 4.69) is 9.97 Å². The molecule has 4 rings (SSSR count). The lowest BCUT2D eigenvalue weighted by Crippen LogP contribution is -1.91. The van der Waals surface area contributed by atoms with Crippen molar-refractivity contribution in [3.63, 3.8) is 0 Å². The predicted octanol–water partition coefficient (Wildman–Crippen LogP) is 4.87. The average molecular weight is 337 g/mol. The molecule has 3 aromatic heterocycles. The molecule has 0 bridgehead atoms. The van der Waals surface area contributed by atoms with Crippen LogP contribution in [0.5, 0.6) is 11.5 Å².